The lowest BCUT2D eigenvalue weighted by Gasteiger charge is -2.23. The average Bonchev–Trinajstić information content (AvgIpc) is 2.29. The van der Waals surface area contributed by atoms with Crippen molar-refractivity contribution in [1.29, 1.82) is 0 Å². The highest BCUT2D eigenvalue weighted by atomic mass is 16.1. The Balaban J connectivity index is 1.89. The van der Waals surface area contributed by atoms with Gasteiger partial charge in [-0.3, -0.25) is 4.79 Å². The zero-order valence-electron chi connectivity index (χ0n) is 9.64. The van der Waals surface area contributed by atoms with Crippen molar-refractivity contribution in [2.75, 3.05) is 26.7 Å². The number of rotatable bonds is 6. The number of amides is 1. The number of carbonyl (C=O) groups is 1. The van der Waals surface area contributed by atoms with Gasteiger partial charge in [0.2, 0.25) is 5.91 Å². The van der Waals surface area contributed by atoms with Crippen LogP contribution in [0.1, 0.15) is 32.1 Å². The molecule has 1 heterocycles. The Morgan fingerprint density at radius 3 is 2.73 bits per heavy atom. The van der Waals surface area contributed by atoms with Crippen LogP contribution < -0.4 is 16.0 Å². The fraction of sp³-hybridized carbons (Fsp3) is 0.909. The van der Waals surface area contributed by atoms with E-state index >= 15 is 0 Å². The maximum absolute atomic E-state index is 10.9. The van der Waals surface area contributed by atoms with Crippen molar-refractivity contribution in [3.63, 3.8) is 0 Å². The second kappa shape index (κ2) is 7.65. The molecule has 1 amide bonds. The lowest BCUT2D eigenvalue weighted by molar-refractivity contribution is -0.120. The van der Waals surface area contributed by atoms with Gasteiger partial charge in [0.15, 0.2) is 0 Å². The first kappa shape index (κ1) is 12.5. The average molecular weight is 213 g/mol. The van der Waals surface area contributed by atoms with E-state index < -0.39 is 0 Å². The van der Waals surface area contributed by atoms with Crippen molar-refractivity contribution in [3.05, 3.63) is 0 Å². The van der Waals surface area contributed by atoms with Gasteiger partial charge >= 0.3 is 0 Å². The molecular formula is C11H23N3O. The normalized spacial score (nSPS) is 17.7. The number of hydrogen-bond acceptors (Lipinski definition) is 3. The molecule has 0 aromatic carbocycles. The summed E-state index contributed by atoms with van der Waals surface area (Å²) in [5, 5.41) is 9.53. The smallest absolute Gasteiger partial charge is 0.219 e. The fourth-order valence-electron chi connectivity index (χ4n) is 1.87. The van der Waals surface area contributed by atoms with E-state index in [0.29, 0.717) is 12.5 Å². The number of unbranched alkanes of at least 4 members (excludes halogenated alkanes) is 1. The van der Waals surface area contributed by atoms with Crippen molar-refractivity contribution in [2.24, 2.45) is 0 Å². The zero-order chi connectivity index (χ0) is 10.9. The minimum absolute atomic E-state index is 0.150. The summed E-state index contributed by atoms with van der Waals surface area (Å²) >= 11 is 0. The first-order valence-corrected chi connectivity index (χ1v) is 5.97. The SMILES string of the molecule is CNC(=O)CCCCNC1CCNCC1. The molecule has 1 rings (SSSR count). The molecule has 0 radical (unpaired) electrons. The Morgan fingerprint density at radius 2 is 2.07 bits per heavy atom. The van der Waals surface area contributed by atoms with E-state index in [9.17, 15) is 4.79 Å². The second-order valence-corrected chi connectivity index (χ2v) is 4.11. The van der Waals surface area contributed by atoms with E-state index in [4.69, 9.17) is 0 Å². The lowest BCUT2D eigenvalue weighted by atomic mass is 10.1. The lowest BCUT2D eigenvalue weighted by Crippen LogP contribution is -2.40. The van der Waals surface area contributed by atoms with Crippen LogP contribution in [0.15, 0.2) is 0 Å². The minimum atomic E-state index is 0.150. The van der Waals surface area contributed by atoms with E-state index in [1.807, 2.05) is 0 Å². The van der Waals surface area contributed by atoms with Gasteiger partial charge in [-0.05, 0) is 45.3 Å². The Hall–Kier alpha value is -0.610. The van der Waals surface area contributed by atoms with Gasteiger partial charge < -0.3 is 16.0 Å². The summed E-state index contributed by atoms with van der Waals surface area (Å²) in [4.78, 5) is 10.9. The van der Waals surface area contributed by atoms with Crippen molar-refractivity contribution >= 4 is 5.91 Å². The third-order valence-electron chi connectivity index (χ3n) is 2.88. The van der Waals surface area contributed by atoms with E-state index in [2.05, 4.69) is 16.0 Å². The monoisotopic (exact) mass is 213 g/mol. The molecule has 0 aromatic rings. The first-order valence-electron chi connectivity index (χ1n) is 5.97. The highest BCUT2D eigenvalue weighted by Gasteiger charge is 2.11. The molecular weight excluding hydrogens is 190 g/mol. The Morgan fingerprint density at radius 1 is 1.33 bits per heavy atom. The first-order chi connectivity index (χ1) is 7.33. The molecule has 4 nitrogen and oxygen atoms in total. The molecule has 15 heavy (non-hydrogen) atoms. The van der Waals surface area contributed by atoms with Crippen LogP contribution in [0.25, 0.3) is 0 Å². The van der Waals surface area contributed by atoms with Crippen molar-refractivity contribution in [3.8, 4) is 0 Å². The molecule has 0 aliphatic carbocycles. The van der Waals surface area contributed by atoms with E-state index in [1.165, 1.54) is 12.8 Å². The van der Waals surface area contributed by atoms with Gasteiger partial charge in [0.05, 0.1) is 0 Å². The van der Waals surface area contributed by atoms with Gasteiger partial charge in [-0.25, -0.2) is 0 Å². The molecule has 1 saturated heterocycles. The number of nitrogens with one attached hydrogen (secondary N) is 3. The van der Waals surface area contributed by atoms with E-state index in [0.717, 1.165) is 32.5 Å². The maximum atomic E-state index is 10.9. The van der Waals surface area contributed by atoms with E-state index in [1.54, 1.807) is 7.05 Å². The summed E-state index contributed by atoms with van der Waals surface area (Å²) in [7, 11) is 1.69. The van der Waals surface area contributed by atoms with Crippen molar-refractivity contribution in [1.82, 2.24) is 16.0 Å². The predicted molar refractivity (Wildman–Crippen MR) is 61.8 cm³/mol. The van der Waals surface area contributed by atoms with Crippen molar-refractivity contribution in [2.45, 2.75) is 38.1 Å². The highest BCUT2D eigenvalue weighted by molar-refractivity contribution is 5.75. The highest BCUT2D eigenvalue weighted by Crippen LogP contribution is 2.02. The predicted octanol–water partition coefficient (Wildman–Crippen LogP) is 0.244. The largest absolute Gasteiger partial charge is 0.359 e. The molecule has 0 saturated carbocycles. The Bertz CT molecular complexity index is 179. The fourth-order valence-corrected chi connectivity index (χ4v) is 1.87. The topological polar surface area (TPSA) is 53.2 Å². The molecule has 1 fully saturated rings. The third-order valence-corrected chi connectivity index (χ3v) is 2.88. The second-order valence-electron chi connectivity index (χ2n) is 4.11. The summed E-state index contributed by atoms with van der Waals surface area (Å²) in [6, 6.07) is 0.686. The summed E-state index contributed by atoms with van der Waals surface area (Å²) < 4.78 is 0. The molecule has 0 spiro atoms. The molecule has 4 heteroatoms. The van der Waals surface area contributed by atoms with E-state index in [-0.39, 0.29) is 5.91 Å². The molecule has 0 aromatic heterocycles. The molecule has 1 aliphatic heterocycles. The van der Waals surface area contributed by atoms with Crippen LogP contribution in [0, 0.1) is 0 Å². The van der Waals surface area contributed by atoms with Crippen LogP contribution in [0.5, 0.6) is 0 Å². The molecule has 1 aliphatic rings. The van der Waals surface area contributed by atoms with Gasteiger partial charge in [-0.2, -0.15) is 0 Å². The summed E-state index contributed by atoms with van der Waals surface area (Å²) in [5.41, 5.74) is 0. The van der Waals surface area contributed by atoms with Gasteiger partial charge in [0.25, 0.3) is 0 Å². The quantitative estimate of drug-likeness (QED) is 0.554. The van der Waals surface area contributed by atoms with Crippen LogP contribution in [0.2, 0.25) is 0 Å². The molecule has 0 atom stereocenters. The van der Waals surface area contributed by atoms with Gasteiger partial charge in [0.1, 0.15) is 0 Å². The Labute approximate surface area is 92.2 Å². The van der Waals surface area contributed by atoms with Gasteiger partial charge in [-0.1, -0.05) is 0 Å². The standard InChI is InChI=1S/C11H23N3O/c1-12-11(15)4-2-3-7-14-10-5-8-13-9-6-10/h10,13-14H,2-9H2,1H3,(H,12,15). The Kier molecular flexibility index (Phi) is 6.36. The number of carbonyl (C=O) groups excluding carboxylic acids is 1. The summed E-state index contributed by atoms with van der Waals surface area (Å²) in [6.45, 7) is 3.31. The molecule has 0 unspecified atom stereocenters. The van der Waals surface area contributed by atoms with Crippen LogP contribution in [0.3, 0.4) is 0 Å². The number of hydrogen-bond donors (Lipinski definition) is 3. The summed E-state index contributed by atoms with van der Waals surface area (Å²) in [5.74, 6) is 0.150. The van der Waals surface area contributed by atoms with Gasteiger partial charge in [0, 0.05) is 19.5 Å². The zero-order valence-corrected chi connectivity index (χ0v) is 9.64. The van der Waals surface area contributed by atoms with Gasteiger partial charge in [-0.15, -0.1) is 0 Å². The van der Waals surface area contributed by atoms with Crippen LogP contribution in [0.4, 0.5) is 0 Å². The van der Waals surface area contributed by atoms with Crippen LogP contribution in [-0.4, -0.2) is 38.6 Å². The maximum Gasteiger partial charge on any atom is 0.219 e. The number of piperidine rings is 1. The third kappa shape index (κ3) is 5.74. The minimum Gasteiger partial charge on any atom is -0.359 e. The van der Waals surface area contributed by atoms with Crippen LogP contribution in [-0.2, 0) is 4.79 Å². The summed E-state index contributed by atoms with van der Waals surface area (Å²) in [6.07, 6.45) is 5.20. The van der Waals surface area contributed by atoms with Crippen molar-refractivity contribution < 1.29 is 4.79 Å². The molecule has 88 valence electrons. The van der Waals surface area contributed by atoms with Crippen LogP contribution >= 0.6 is 0 Å². The molecule has 3 N–H and O–H groups in total. The molecule has 0 bridgehead atoms.